The van der Waals surface area contributed by atoms with E-state index in [1.165, 1.54) is 17.7 Å². The molecule has 1 heterocycles. The molecular formula is C15H17FN2OS. The molecule has 0 saturated carbocycles. The van der Waals surface area contributed by atoms with Crippen molar-refractivity contribution in [2.24, 2.45) is 0 Å². The summed E-state index contributed by atoms with van der Waals surface area (Å²) in [7, 11) is 0. The summed E-state index contributed by atoms with van der Waals surface area (Å²) in [6.07, 6.45) is 0.931. The number of hydrogen-bond acceptors (Lipinski definition) is 3. The zero-order valence-corrected chi connectivity index (χ0v) is 12.3. The molecule has 1 aromatic carbocycles. The molecule has 0 aliphatic heterocycles. The van der Waals surface area contributed by atoms with Gasteiger partial charge in [-0.1, -0.05) is 6.92 Å². The number of halogens is 1. The minimum absolute atomic E-state index is 0.250. The molecule has 0 aliphatic carbocycles. The topological polar surface area (TPSA) is 55.1 Å². The number of amides is 1. The van der Waals surface area contributed by atoms with Crippen molar-refractivity contribution in [2.45, 2.75) is 26.8 Å². The van der Waals surface area contributed by atoms with Crippen molar-refractivity contribution in [1.29, 1.82) is 0 Å². The molecule has 5 heteroatoms. The Hall–Kier alpha value is -1.88. The zero-order chi connectivity index (χ0) is 14.7. The Balaban J connectivity index is 2.09. The predicted octanol–water partition coefficient (Wildman–Crippen LogP) is 3.27. The fourth-order valence-electron chi connectivity index (χ4n) is 1.93. The SMILES string of the molecule is CCc1ccsc1CNC(=O)c1cc(N)c(C)c(F)c1. The number of rotatable bonds is 4. The highest BCUT2D eigenvalue weighted by Gasteiger charge is 2.12. The highest BCUT2D eigenvalue weighted by Crippen LogP contribution is 2.19. The van der Waals surface area contributed by atoms with Crippen LogP contribution < -0.4 is 11.1 Å². The van der Waals surface area contributed by atoms with Crippen LogP contribution >= 0.6 is 11.3 Å². The molecule has 0 aliphatic rings. The molecule has 1 amide bonds. The van der Waals surface area contributed by atoms with E-state index in [1.54, 1.807) is 18.3 Å². The second kappa shape index (κ2) is 6.05. The second-order valence-electron chi connectivity index (χ2n) is 4.58. The fourth-order valence-corrected chi connectivity index (χ4v) is 2.85. The minimum atomic E-state index is -0.458. The number of nitrogen functional groups attached to an aromatic ring is 1. The molecule has 0 radical (unpaired) electrons. The van der Waals surface area contributed by atoms with Gasteiger partial charge in [-0.05, 0) is 42.5 Å². The van der Waals surface area contributed by atoms with Crippen LogP contribution in [0.5, 0.6) is 0 Å². The Kier molecular flexibility index (Phi) is 4.39. The van der Waals surface area contributed by atoms with Crippen LogP contribution in [0.15, 0.2) is 23.6 Å². The van der Waals surface area contributed by atoms with E-state index in [-0.39, 0.29) is 11.5 Å². The van der Waals surface area contributed by atoms with Gasteiger partial charge in [0.2, 0.25) is 0 Å². The van der Waals surface area contributed by atoms with E-state index in [2.05, 4.69) is 18.3 Å². The number of carbonyl (C=O) groups is 1. The summed E-state index contributed by atoms with van der Waals surface area (Å²) in [5, 5.41) is 4.80. The van der Waals surface area contributed by atoms with Crippen LogP contribution in [0.25, 0.3) is 0 Å². The number of benzene rings is 1. The van der Waals surface area contributed by atoms with Crippen LogP contribution in [0.4, 0.5) is 10.1 Å². The summed E-state index contributed by atoms with van der Waals surface area (Å²) < 4.78 is 13.6. The van der Waals surface area contributed by atoms with E-state index in [1.807, 2.05) is 5.38 Å². The van der Waals surface area contributed by atoms with E-state index in [0.717, 1.165) is 11.3 Å². The van der Waals surface area contributed by atoms with Crippen LogP contribution in [0.1, 0.15) is 33.3 Å². The molecule has 20 heavy (non-hydrogen) atoms. The maximum Gasteiger partial charge on any atom is 0.251 e. The quantitative estimate of drug-likeness (QED) is 0.850. The number of thiophene rings is 1. The normalized spacial score (nSPS) is 10.6. The third-order valence-electron chi connectivity index (χ3n) is 3.27. The van der Waals surface area contributed by atoms with Crippen LogP contribution in [-0.4, -0.2) is 5.91 Å². The van der Waals surface area contributed by atoms with Crippen molar-refractivity contribution in [3.8, 4) is 0 Å². The maximum absolute atomic E-state index is 13.6. The van der Waals surface area contributed by atoms with Gasteiger partial charge in [-0.3, -0.25) is 4.79 Å². The molecule has 2 aromatic rings. The summed E-state index contributed by atoms with van der Waals surface area (Å²) in [6.45, 7) is 4.12. The van der Waals surface area contributed by atoms with Crippen LogP contribution in [0.3, 0.4) is 0 Å². The van der Waals surface area contributed by atoms with E-state index < -0.39 is 5.82 Å². The molecule has 1 aromatic heterocycles. The largest absolute Gasteiger partial charge is 0.398 e. The molecule has 0 spiro atoms. The van der Waals surface area contributed by atoms with Gasteiger partial charge in [-0.15, -0.1) is 11.3 Å². The van der Waals surface area contributed by atoms with Crippen molar-refractivity contribution in [2.75, 3.05) is 5.73 Å². The number of carbonyl (C=O) groups excluding carboxylic acids is 1. The fraction of sp³-hybridized carbons (Fsp3) is 0.267. The summed E-state index contributed by atoms with van der Waals surface area (Å²) >= 11 is 1.61. The zero-order valence-electron chi connectivity index (χ0n) is 11.5. The lowest BCUT2D eigenvalue weighted by Crippen LogP contribution is -2.23. The summed E-state index contributed by atoms with van der Waals surface area (Å²) in [5.41, 5.74) is 7.82. The third kappa shape index (κ3) is 2.99. The van der Waals surface area contributed by atoms with Crippen molar-refractivity contribution < 1.29 is 9.18 Å². The summed E-state index contributed by atoms with van der Waals surface area (Å²) in [5.74, 6) is -0.772. The Morgan fingerprint density at radius 2 is 2.20 bits per heavy atom. The van der Waals surface area contributed by atoms with E-state index >= 15 is 0 Å². The van der Waals surface area contributed by atoms with E-state index in [4.69, 9.17) is 5.73 Å². The van der Waals surface area contributed by atoms with Crippen molar-refractivity contribution in [1.82, 2.24) is 5.32 Å². The molecule has 2 rings (SSSR count). The average molecular weight is 292 g/mol. The molecule has 0 bridgehead atoms. The van der Waals surface area contributed by atoms with Gasteiger partial charge in [0.1, 0.15) is 5.82 Å². The van der Waals surface area contributed by atoms with Gasteiger partial charge >= 0.3 is 0 Å². The Bertz CT molecular complexity index is 614. The van der Waals surface area contributed by atoms with Crippen molar-refractivity contribution in [3.63, 3.8) is 0 Å². The van der Waals surface area contributed by atoms with Gasteiger partial charge < -0.3 is 11.1 Å². The number of nitrogens with two attached hydrogens (primary N) is 1. The minimum Gasteiger partial charge on any atom is -0.398 e. The highest BCUT2D eigenvalue weighted by molar-refractivity contribution is 7.10. The summed E-state index contributed by atoms with van der Waals surface area (Å²) in [6, 6.07) is 4.77. The predicted molar refractivity (Wildman–Crippen MR) is 80.4 cm³/mol. The van der Waals surface area contributed by atoms with Gasteiger partial charge in [-0.2, -0.15) is 0 Å². The molecule has 0 saturated heterocycles. The van der Waals surface area contributed by atoms with Crippen molar-refractivity contribution in [3.05, 3.63) is 51.0 Å². The lowest BCUT2D eigenvalue weighted by Gasteiger charge is -2.08. The first kappa shape index (κ1) is 14.5. The van der Waals surface area contributed by atoms with Crippen LogP contribution in [0, 0.1) is 12.7 Å². The molecule has 3 nitrogen and oxygen atoms in total. The number of hydrogen-bond donors (Lipinski definition) is 2. The lowest BCUT2D eigenvalue weighted by molar-refractivity contribution is 0.0951. The Morgan fingerprint density at radius 3 is 2.85 bits per heavy atom. The molecule has 106 valence electrons. The maximum atomic E-state index is 13.6. The van der Waals surface area contributed by atoms with Gasteiger partial charge in [0.15, 0.2) is 0 Å². The second-order valence-corrected chi connectivity index (χ2v) is 5.58. The first-order chi connectivity index (χ1) is 9.52. The standard InChI is InChI=1S/C15H17FN2OS/c1-3-10-4-5-20-14(10)8-18-15(19)11-6-12(16)9(2)13(17)7-11/h4-7H,3,8,17H2,1-2H3,(H,18,19). The van der Waals surface area contributed by atoms with Gasteiger partial charge in [0, 0.05) is 21.7 Å². The van der Waals surface area contributed by atoms with Gasteiger partial charge in [0.05, 0.1) is 6.54 Å². The monoisotopic (exact) mass is 292 g/mol. The number of nitrogens with one attached hydrogen (secondary N) is 1. The lowest BCUT2D eigenvalue weighted by atomic mass is 10.1. The highest BCUT2D eigenvalue weighted by atomic mass is 32.1. The third-order valence-corrected chi connectivity index (χ3v) is 4.24. The Labute approximate surface area is 121 Å². The first-order valence-electron chi connectivity index (χ1n) is 6.42. The molecule has 0 unspecified atom stereocenters. The van der Waals surface area contributed by atoms with E-state index in [0.29, 0.717) is 17.8 Å². The number of anilines is 1. The number of aryl methyl sites for hydroxylation is 1. The van der Waals surface area contributed by atoms with Crippen LogP contribution in [-0.2, 0) is 13.0 Å². The van der Waals surface area contributed by atoms with Gasteiger partial charge in [-0.25, -0.2) is 4.39 Å². The van der Waals surface area contributed by atoms with Crippen molar-refractivity contribution >= 4 is 22.9 Å². The Morgan fingerprint density at radius 1 is 1.45 bits per heavy atom. The molecular weight excluding hydrogens is 275 g/mol. The molecule has 3 N–H and O–H groups in total. The average Bonchev–Trinajstić information content (AvgIpc) is 2.89. The van der Waals surface area contributed by atoms with Gasteiger partial charge in [0.25, 0.3) is 5.91 Å². The first-order valence-corrected chi connectivity index (χ1v) is 7.30. The van der Waals surface area contributed by atoms with Crippen LogP contribution in [0.2, 0.25) is 0 Å². The smallest absolute Gasteiger partial charge is 0.251 e. The molecule has 0 fully saturated rings. The van der Waals surface area contributed by atoms with E-state index in [9.17, 15) is 9.18 Å². The summed E-state index contributed by atoms with van der Waals surface area (Å²) in [4.78, 5) is 13.2. The molecule has 0 atom stereocenters.